The fraction of sp³-hybridized carbons (Fsp3) is 0.111. The molecule has 1 aliphatic rings. The zero-order valence-electron chi connectivity index (χ0n) is 12.8. The number of halogens is 1. The summed E-state index contributed by atoms with van der Waals surface area (Å²) in [6.45, 7) is 4.03. The highest BCUT2D eigenvalue weighted by Crippen LogP contribution is 2.29. The summed E-state index contributed by atoms with van der Waals surface area (Å²) < 4.78 is 0. The van der Waals surface area contributed by atoms with Crippen molar-refractivity contribution < 1.29 is 4.79 Å². The number of benzene rings is 2. The van der Waals surface area contributed by atoms with Crippen LogP contribution in [0.25, 0.3) is 6.08 Å². The molecule has 0 bridgehead atoms. The molecule has 0 saturated carbocycles. The van der Waals surface area contributed by atoms with Gasteiger partial charge in [0.25, 0.3) is 5.91 Å². The lowest BCUT2D eigenvalue weighted by atomic mass is 10.1. The Labute approximate surface area is 144 Å². The van der Waals surface area contributed by atoms with Gasteiger partial charge in [0.2, 0.25) is 0 Å². The summed E-state index contributed by atoms with van der Waals surface area (Å²) in [5.74, 6) is -0.131. The van der Waals surface area contributed by atoms with Crippen LogP contribution in [0, 0.1) is 13.8 Å². The molecule has 5 heteroatoms. The number of carbonyl (C=O) groups excluding carboxylic acids is 1. The first-order valence-electron chi connectivity index (χ1n) is 7.14. The number of rotatable bonds is 2. The number of nitrogens with one attached hydrogen (secondary N) is 1. The van der Waals surface area contributed by atoms with Gasteiger partial charge in [0.05, 0.1) is 10.6 Å². The number of hydrogen-bond donors (Lipinski definition) is 1. The van der Waals surface area contributed by atoms with E-state index in [2.05, 4.69) is 10.3 Å². The van der Waals surface area contributed by atoms with E-state index in [1.165, 1.54) is 11.8 Å². The average Bonchev–Trinajstić information content (AvgIpc) is 2.85. The minimum atomic E-state index is -0.131. The Bertz CT molecular complexity index is 825. The van der Waals surface area contributed by atoms with Crippen molar-refractivity contribution in [1.29, 1.82) is 0 Å². The van der Waals surface area contributed by atoms with Crippen LogP contribution in [-0.2, 0) is 4.79 Å². The molecule has 0 spiro atoms. The average molecular weight is 343 g/mol. The maximum Gasteiger partial charge on any atom is 0.264 e. The number of carbonyl (C=O) groups is 1. The van der Waals surface area contributed by atoms with Gasteiger partial charge < -0.3 is 5.32 Å². The van der Waals surface area contributed by atoms with E-state index in [0.717, 1.165) is 22.4 Å². The lowest BCUT2D eigenvalue weighted by Crippen LogP contribution is -2.19. The first-order valence-corrected chi connectivity index (χ1v) is 8.33. The fourth-order valence-electron chi connectivity index (χ4n) is 2.14. The zero-order valence-corrected chi connectivity index (χ0v) is 14.3. The number of aryl methyl sites for hydroxylation is 2. The van der Waals surface area contributed by atoms with Crippen molar-refractivity contribution in [3.8, 4) is 0 Å². The number of aliphatic imine (C=N–C) groups is 1. The number of nitrogens with zero attached hydrogens (tertiary/aromatic N) is 1. The first kappa shape index (κ1) is 15.8. The maximum atomic E-state index is 12.1. The van der Waals surface area contributed by atoms with E-state index in [4.69, 9.17) is 11.6 Å². The molecular formula is C18H15ClN2OS. The van der Waals surface area contributed by atoms with E-state index in [-0.39, 0.29) is 5.91 Å². The third-order valence-corrected chi connectivity index (χ3v) is 4.57. The molecular weight excluding hydrogens is 328 g/mol. The van der Waals surface area contributed by atoms with Crippen LogP contribution in [0.5, 0.6) is 0 Å². The van der Waals surface area contributed by atoms with Crippen LogP contribution < -0.4 is 5.32 Å². The second kappa shape index (κ2) is 6.60. The van der Waals surface area contributed by atoms with Crippen LogP contribution in [0.3, 0.4) is 0 Å². The van der Waals surface area contributed by atoms with E-state index in [1.54, 1.807) is 12.1 Å². The Morgan fingerprint density at radius 2 is 1.87 bits per heavy atom. The largest absolute Gasteiger partial charge is 0.300 e. The second-order valence-corrected chi connectivity index (χ2v) is 6.79. The Hall–Kier alpha value is -2.04. The number of amidine groups is 1. The van der Waals surface area contributed by atoms with E-state index in [1.807, 2.05) is 50.3 Å². The van der Waals surface area contributed by atoms with Gasteiger partial charge in [-0.05, 0) is 66.6 Å². The summed E-state index contributed by atoms with van der Waals surface area (Å²) in [4.78, 5) is 17.3. The van der Waals surface area contributed by atoms with Gasteiger partial charge in [-0.25, -0.2) is 4.99 Å². The van der Waals surface area contributed by atoms with Crippen LogP contribution in [0.15, 0.2) is 52.4 Å². The fourth-order valence-corrected chi connectivity index (χ4v) is 3.10. The maximum absolute atomic E-state index is 12.1. The van der Waals surface area contributed by atoms with Gasteiger partial charge in [0, 0.05) is 5.02 Å². The molecule has 2 aromatic carbocycles. The molecule has 1 fully saturated rings. The molecule has 0 aliphatic carbocycles. The molecule has 3 nitrogen and oxygen atoms in total. The predicted molar refractivity (Wildman–Crippen MR) is 98.2 cm³/mol. The SMILES string of the molecule is Cc1ccc(C)c(N=C2NC(=O)/C(=C\c3ccc(Cl)cc3)S2)c1. The summed E-state index contributed by atoms with van der Waals surface area (Å²) in [5, 5.41) is 4.09. The van der Waals surface area contributed by atoms with Gasteiger partial charge in [-0.2, -0.15) is 0 Å². The van der Waals surface area contributed by atoms with Gasteiger partial charge in [-0.3, -0.25) is 4.79 Å². The summed E-state index contributed by atoms with van der Waals surface area (Å²) in [5.41, 5.74) is 4.02. The Kier molecular flexibility index (Phi) is 4.55. The lowest BCUT2D eigenvalue weighted by Gasteiger charge is -2.02. The summed E-state index contributed by atoms with van der Waals surface area (Å²) in [6.07, 6.45) is 1.84. The van der Waals surface area contributed by atoms with Gasteiger partial charge in [0.1, 0.15) is 0 Å². The van der Waals surface area contributed by atoms with Crippen LogP contribution >= 0.6 is 23.4 Å². The molecule has 1 amide bonds. The van der Waals surface area contributed by atoms with Gasteiger partial charge in [-0.15, -0.1) is 0 Å². The van der Waals surface area contributed by atoms with Crippen molar-refractivity contribution in [3.63, 3.8) is 0 Å². The summed E-state index contributed by atoms with van der Waals surface area (Å²) in [6, 6.07) is 13.4. The van der Waals surface area contributed by atoms with Crippen molar-refractivity contribution in [2.45, 2.75) is 13.8 Å². The third kappa shape index (κ3) is 3.84. The van der Waals surface area contributed by atoms with Gasteiger partial charge in [-0.1, -0.05) is 35.9 Å². The van der Waals surface area contributed by atoms with Crippen molar-refractivity contribution in [2.24, 2.45) is 4.99 Å². The minimum Gasteiger partial charge on any atom is -0.300 e. The Balaban J connectivity index is 1.86. The lowest BCUT2D eigenvalue weighted by molar-refractivity contribution is -0.115. The van der Waals surface area contributed by atoms with Gasteiger partial charge >= 0.3 is 0 Å². The van der Waals surface area contributed by atoms with Crippen molar-refractivity contribution in [2.75, 3.05) is 0 Å². The topological polar surface area (TPSA) is 41.5 Å². The zero-order chi connectivity index (χ0) is 16.4. The van der Waals surface area contributed by atoms with Crippen molar-refractivity contribution >= 4 is 46.2 Å². The number of hydrogen-bond acceptors (Lipinski definition) is 3. The second-order valence-electron chi connectivity index (χ2n) is 5.32. The molecule has 116 valence electrons. The number of thioether (sulfide) groups is 1. The Morgan fingerprint density at radius 1 is 1.13 bits per heavy atom. The van der Waals surface area contributed by atoms with E-state index in [0.29, 0.717) is 15.1 Å². The van der Waals surface area contributed by atoms with Crippen LogP contribution in [0.4, 0.5) is 5.69 Å². The minimum absolute atomic E-state index is 0.131. The summed E-state index contributed by atoms with van der Waals surface area (Å²) in [7, 11) is 0. The van der Waals surface area contributed by atoms with Crippen LogP contribution in [0.2, 0.25) is 5.02 Å². The van der Waals surface area contributed by atoms with Gasteiger partial charge in [0.15, 0.2) is 5.17 Å². The normalized spacial score (nSPS) is 17.8. The van der Waals surface area contributed by atoms with Crippen molar-refractivity contribution in [1.82, 2.24) is 5.32 Å². The van der Waals surface area contributed by atoms with E-state index < -0.39 is 0 Å². The molecule has 0 aromatic heterocycles. The third-order valence-electron chi connectivity index (χ3n) is 3.41. The molecule has 1 N–H and O–H groups in total. The molecule has 0 atom stereocenters. The van der Waals surface area contributed by atoms with Crippen LogP contribution in [0.1, 0.15) is 16.7 Å². The predicted octanol–water partition coefficient (Wildman–Crippen LogP) is 4.85. The first-order chi connectivity index (χ1) is 11.0. The quantitative estimate of drug-likeness (QED) is 0.793. The highest BCUT2D eigenvalue weighted by molar-refractivity contribution is 8.18. The molecule has 23 heavy (non-hydrogen) atoms. The highest BCUT2D eigenvalue weighted by atomic mass is 35.5. The van der Waals surface area contributed by atoms with Crippen LogP contribution in [-0.4, -0.2) is 11.1 Å². The van der Waals surface area contributed by atoms with E-state index in [9.17, 15) is 4.79 Å². The van der Waals surface area contributed by atoms with E-state index >= 15 is 0 Å². The smallest absolute Gasteiger partial charge is 0.264 e. The molecule has 2 aromatic rings. The molecule has 1 aliphatic heterocycles. The monoisotopic (exact) mass is 342 g/mol. The molecule has 1 saturated heterocycles. The molecule has 0 radical (unpaired) electrons. The Morgan fingerprint density at radius 3 is 2.61 bits per heavy atom. The molecule has 3 rings (SSSR count). The number of amides is 1. The highest BCUT2D eigenvalue weighted by Gasteiger charge is 2.23. The molecule has 1 heterocycles. The molecule has 0 unspecified atom stereocenters. The standard InChI is InChI=1S/C18H15ClN2OS/c1-11-3-4-12(2)15(9-11)20-18-21-17(22)16(23-18)10-13-5-7-14(19)8-6-13/h3-10H,1-2H3,(H,20,21,22)/b16-10+. The van der Waals surface area contributed by atoms with Crippen molar-refractivity contribution in [3.05, 3.63) is 69.1 Å². The summed E-state index contributed by atoms with van der Waals surface area (Å²) >= 11 is 7.22.